The number of ether oxygens (including phenoxy) is 2. The Morgan fingerprint density at radius 2 is 2.05 bits per heavy atom. The number of carbonyl (C=O) groups excluding carboxylic acids is 1. The summed E-state index contributed by atoms with van der Waals surface area (Å²) in [6, 6.07) is 11.9. The number of ketones is 1. The van der Waals surface area contributed by atoms with Crippen LogP contribution in [0.1, 0.15) is 12.5 Å². The predicted molar refractivity (Wildman–Crippen MR) is 75.7 cm³/mol. The molecule has 2 rings (SSSR count). The minimum absolute atomic E-state index is 0.0946. The van der Waals surface area contributed by atoms with Gasteiger partial charge in [0.15, 0.2) is 5.78 Å². The lowest BCUT2D eigenvalue weighted by Gasteiger charge is -2.08. The van der Waals surface area contributed by atoms with E-state index in [2.05, 4.69) is 0 Å². The topological polar surface area (TPSA) is 35.5 Å². The Balaban J connectivity index is 2.29. The van der Waals surface area contributed by atoms with Gasteiger partial charge in [0.1, 0.15) is 12.4 Å². The SMILES string of the molecule is CCOCC(=O)Cc1cccc2ccc(OC)cc12. The van der Waals surface area contributed by atoms with Crippen molar-refractivity contribution in [2.45, 2.75) is 13.3 Å². The fourth-order valence-corrected chi connectivity index (χ4v) is 2.08. The summed E-state index contributed by atoms with van der Waals surface area (Å²) in [4.78, 5) is 11.8. The lowest BCUT2D eigenvalue weighted by atomic mass is 10.0. The maximum Gasteiger partial charge on any atom is 0.162 e. The van der Waals surface area contributed by atoms with Crippen LogP contribution in [0, 0.1) is 0 Å². The molecule has 0 saturated carbocycles. The first-order valence-electron chi connectivity index (χ1n) is 6.39. The van der Waals surface area contributed by atoms with Gasteiger partial charge in [0.05, 0.1) is 7.11 Å². The molecule has 0 unspecified atom stereocenters. The Morgan fingerprint density at radius 3 is 2.79 bits per heavy atom. The quantitative estimate of drug-likeness (QED) is 0.799. The number of Topliss-reactive ketones (excluding diaryl/α,β-unsaturated/α-hetero) is 1. The summed E-state index contributed by atoms with van der Waals surface area (Å²) in [5.41, 5.74) is 1.01. The van der Waals surface area contributed by atoms with Crippen molar-refractivity contribution in [2.24, 2.45) is 0 Å². The fraction of sp³-hybridized carbons (Fsp3) is 0.312. The van der Waals surface area contributed by atoms with Gasteiger partial charge >= 0.3 is 0 Å². The molecule has 2 aromatic carbocycles. The van der Waals surface area contributed by atoms with E-state index in [-0.39, 0.29) is 12.4 Å². The maximum atomic E-state index is 11.8. The second-order valence-electron chi connectivity index (χ2n) is 4.36. The Morgan fingerprint density at radius 1 is 1.21 bits per heavy atom. The maximum absolute atomic E-state index is 11.8. The Bertz CT molecular complexity index is 575. The first kappa shape index (κ1) is 13.6. The molecule has 0 aromatic heterocycles. The lowest BCUT2D eigenvalue weighted by Crippen LogP contribution is -2.11. The van der Waals surface area contributed by atoms with Crippen LogP contribution in [0.25, 0.3) is 10.8 Å². The van der Waals surface area contributed by atoms with Crippen molar-refractivity contribution >= 4 is 16.6 Å². The average Bonchev–Trinajstić information content (AvgIpc) is 2.45. The number of rotatable bonds is 6. The molecule has 0 amide bonds. The van der Waals surface area contributed by atoms with Gasteiger partial charge in [0.2, 0.25) is 0 Å². The summed E-state index contributed by atoms with van der Waals surface area (Å²) in [6.07, 6.45) is 0.393. The molecule has 0 atom stereocenters. The standard InChI is InChI=1S/C16H18O3/c1-3-19-11-14(17)9-13-6-4-5-12-7-8-15(18-2)10-16(12)13/h4-8,10H,3,9,11H2,1-2H3. The molecule has 0 radical (unpaired) electrons. The molecule has 0 aliphatic carbocycles. The van der Waals surface area contributed by atoms with Gasteiger partial charge in [-0.3, -0.25) is 4.79 Å². The zero-order valence-electron chi connectivity index (χ0n) is 11.3. The largest absolute Gasteiger partial charge is 0.497 e. The van der Waals surface area contributed by atoms with Crippen LogP contribution in [0.15, 0.2) is 36.4 Å². The summed E-state index contributed by atoms with van der Waals surface area (Å²) in [5, 5.41) is 2.18. The van der Waals surface area contributed by atoms with Crippen LogP contribution in [0.3, 0.4) is 0 Å². The van der Waals surface area contributed by atoms with Crippen LogP contribution in [0.4, 0.5) is 0 Å². The second-order valence-corrected chi connectivity index (χ2v) is 4.36. The van der Waals surface area contributed by atoms with Crippen molar-refractivity contribution < 1.29 is 14.3 Å². The highest BCUT2D eigenvalue weighted by Gasteiger charge is 2.08. The molecule has 0 bridgehead atoms. The smallest absolute Gasteiger partial charge is 0.162 e. The van der Waals surface area contributed by atoms with E-state index in [4.69, 9.17) is 9.47 Å². The van der Waals surface area contributed by atoms with Crippen LogP contribution < -0.4 is 4.74 Å². The van der Waals surface area contributed by atoms with Gasteiger partial charge in [-0.2, -0.15) is 0 Å². The van der Waals surface area contributed by atoms with Crippen LogP contribution in [-0.2, 0) is 16.0 Å². The molecule has 3 heteroatoms. The number of hydrogen-bond acceptors (Lipinski definition) is 3. The zero-order chi connectivity index (χ0) is 13.7. The van der Waals surface area contributed by atoms with E-state index < -0.39 is 0 Å². The summed E-state index contributed by atoms with van der Waals surface area (Å²) < 4.78 is 10.4. The Labute approximate surface area is 113 Å². The van der Waals surface area contributed by atoms with Crippen LogP contribution in [0.5, 0.6) is 5.75 Å². The van der Waals surface area contributed by atoms with E-state index in [1.807, 2.05) is 43.3 Å². The minimum atomic E-state index is 0.0946. The summed E-state index contributed by atoms with van der Waals surface area (Å²) in [6.45, 7) is 2.63. The molecule has 100 valence electrons. The molecule has 0 aliphatic rings. The van der Waals surface area contributed by atoms with Gasteiger partial charge in [0.25, 0.3) is 0 Å². The molecule has 3 nitrogen and oxygen atoms in total. The van der Waals surface area contributed by atoms with E-state index in [0.29, 0.717) is 13.0 Å². The number of methoxy groups -OCH3 is 1. The van der Waals surface area contributed by atoms with Crippen LogP contribution >= 0.6 is 0 Å². The fourth-order valence-electron chi connectivity index (χ4n) is 2.08. The van der Waals surface area contributed by atoms with E-state index >= 15 is 0 Å². The van der Waals surface area contributed by atoms with Crippen molar-refractivity contribution in [3.8, 4) is 5.75 Å². The van der Waals surface area contributed by atoms with Gasteiger partial charge in [0, 0.05) is 13.0 Å². The molecular formula is C16H18O3. The minimum Gasteiger partial charge on any atom is -0.497 e. The molecule has 2 aromatic rings. The molecule has 0 spiro atoms. The van der Waals surface area contributed by atoms with Crippen LogP contribution in [-0.4, -0.2) is 26.1 Å². The third-order valence-corrected chi connectivity index (χ3v) is 3.03. The Kier molecular flexibility index (Phi) is 4.53. The normalized spacial score (nSPS) is 10.6. The monoisotopic (exact) mass is 258 g/mol. The number of fused-ring (bicyclic) bond motifs is 1. The van der Waals surface area contributed by atoms with E-state index in [1.54, 1.807) is 7.11 Å². The van der Waals surface area contributed by atoms with Crippen molar-refractivity contribution in [3.05, 3.63) is 42.0 Å². The molecule has 0 aliphatic heterocycles. The van der Waals surface area contributed by atoms with Gasteiger partial charge in [-0.05, 0) is 35.4 Å². The molecule has 0 N–H and O–H groups in total. The second kappa shape index (κ2) is 6.34. The highest BCUT2D eigenvalue weighted by molar-refractivity contribution is 5.92. The third-order valence-electron chi connectivity index (χ3n) is 3.03. The van der Waals surface area contributed by atoms with Gasteiger partial charge in [-0.15, -0.1) is 0 Å². The third kappa shape index (κ3) is 3.32. The lowest BCUT2D eigenvalue weighted by molar-refractivity contribution is -0.122. The first-order valence-corrected chi connectivity index (χ1v) is 6.39. The van der Waals surface area contributed by atoms with Gasteiger partial charge < -0.3 is 9.47 Å². The van der Waals surface area contributed by atoms with Crippen molar-refractivity contribution in [1.82, 2.24) is 0 Å². The van der Waals surface area contributed by atoms with Crippen molar-refractivity contribution in [1.29, 1.82) is 0 Å². The van der Waals surface area contributed by atoms with Gasteiger partial charge in [-0.1, -0.05) is 24.3 Å². The molecule has 19 heavy (non-hydrogen) atoms. The number of benzene rings is 2. The first-order chi connectivity index (χ1) is 9.24. The van der Waals surface area contributed by atoms with E-state index in [0.717, 1.165) is 22.1 Å². The van der Waals surface area contributed by atoms with E-state index in [1.165, 1.54) is 0 Å². The number of carbonyl (C=O) groups is 1. The average molecular weight is 258 g/mol. The van der Waals surface area contributed by atoms with Crippen molar-refractivity contribution in [3.63, 3.8) is 0 Å². The highest BCUT2D eigenvalue weighted by Crippen LogP contribution is 2.24. The van der Waals surface area contributed by atoms with Crippen LogP contribution in [0.2, 0.25) is 0 Å². The number of hydrogen-bond donors (Lipinski definition) is 0. The molecular weight excluding hydrogens is 240 g/mol. The van der Waals surface area contributed by atoms with E-state index in [9.17, 15) is 4.79 Å². The Hall–Kier alpha value is -1.87. The zero-order valence-corrected chi connectivity index (χ0v) is 11.3. The van der Waals surface area contributed by atoms with Gasteiger partial charge in [-0.25, -0.2) is 0 Å². The highest BCUT2D eigenvalue weighted by atomic mass is 16.5. The molecule has 0 saturated heterocycles. The summed E-state index contributed by atoms with van der Waals surface area (Å²) in [7, 11) is 1.64. The summed E-state index contributed by atoms with van der Waals surface area (Å²) in [5.74, 6) is 0.898. The summed E-state index contributed by atoms with van der Waals surface area (Å²) >= 11 is 0. The molecule has 0 heterocycles. The van der Waals surface area contributed by atoms with Crippen molar-refractivity contribution in [2.75, 3.05) is 20.3 Å². The predicted octanol–water partition coefficient (Wildman–Crippen LogP) is 3.00. The molecule has 0 fully saturated rings.